The molecule has 0 aliphatic carbocycles. The van der Waals surface area contributed by atoms with Crippen LogP contribution in [0, 0.1) is 13.8 Å². The van der Waals surface area contributed by atoms with Gasteiger partial charge in [-0.25, -0.2) is 0 Å². The molecule has 0 unspecified atom stereocenters. The molecule has 0 amide bonds. The third-order valence-corrected chi connectivity index (χ3v) is 2.77. The molecule has 2 aromatic rings. The number of aryl methyl sites for hydroxylation is 2. The van der Waals surface area contributed by atoms with Crippen LogP contribution in [-0.2, 0) is 5.88 Å². The van der Waals surface area contributed by atoms with Gasteiger partial charge in [-0.3, -0.25) is 4.98 Å². The van der Waals surface area contributed by atoms with Crippen LogP contribution in [0.15, 0.2) is 36.5 Å². The van der Waals surface area contributed by atoms with Gasteiger partial charge in [0.15, 0.2) is 0 Å². The SMILES string of the molecule is Cc1ccc(C)c(Oc2ccnc(CCl)c2)c1. The lowest BCUT2D eigenvalue weighted by molar-refractivity contribution is 0.477. The van der Waals surface area contributed by atoms with Gasteiger partial charge in [-0.05, 0) is 37.1 Å². The van der Waals surface area contributed by atoms with Gasteiger partial charge in [-0.2, -0.15) is 0 Å². The average molecular weight is 248 g/mol. The Bertz CT molecular complexity index is 525. The summed E-state index contributed by atoms with van der Waals surface area (Å²) in [7, 11) is 0. The van der Waals surface area contributed by atoms with Gasteiger partial charge >= 0.3 is 0 Å². The fourth-order valence-corrected chi connectivity index (χ4v) is 1.68. The maximum Gasteiger partial charge on any atom is 0.130 e. The quantitative estimate of drug-likeness (QED) is 0.758. The Morgan fingerprint density at radius 3 is 2.76 bits per heavy atom. The molecule has 0 saturated heterocycles. The maximum absolute atomic E-state index is 5.83. The fraction of sp³-hybridized carbons (Fsp3) is 0.214. The Hall–Kier alpha value is -1.54. The van der Waals surface area contributed by atoms with Crippen LogP contribution in [0.3, 0.4) is 0 Å². The molecule has 0 radical (unpaired) electrons. The smallest absolute Gasteiger partial charge is 0.130 e. The molecule has 0 atom stereocenters. The fourth-order valence-electron chi connectivity index (χ4n) is 1.54. The predicted molar refractivity (Wildman–Crippen MR) is 69.8 cm³/mol. The van der Waals surface area contributed by atoms with Gasteiger partial charge in [0, 0.05) is 12.3 Å². The van der Waals surface area contributed by atoms with Crippen LogP contribution in [0.1, 0.15) is 16.8 Å². The second kappa shape index (κ2) is 5.19. The first-order valence-corrected chi connectivity index (χ1v) is 5.98. The largest absolute Gasteiger partial charge is 0.457 e. The highest BCUT2D eigenvalue weighted by Gasteiger charge is 2.03. The lowest BCUT2D eigenvalue weighted by atomic mass is 10.1. The average Bonchev–Trinajstić information content (AvgIpc) is 2.34. The Balaban J connectivity index is 2.27. The van der Waals surface area contributed by atoms with Gasteiger partial charge < -0.3 is 4.74 Å². The summed E-state index contributed by atoms with van der Waals surface area (Å²) in [5.74, 6) is 2.03. The van der Waals surface area contributed by atoms with E-state index >= 15 is 0 Å². The normalized spacial score (nSPS) is 10.3. The number of halogens is 1. The van der Waals surface area contributed by atoms with Gasteiger partial charge in [-0.15, -0.1) is 11.6 Å². The minimum Gasteiger partial charge on any atom is -0.457 e. The van der Waals surface area contributed by atoms with E-state index < -0.39 is 0 Å². The van der Waals surface area contributed by atoms with Crippen molar-refractivity contribution in [3.05, 3.63) is 53.3 Å². The summed E-state index contributed by atoms with van der Waals surface area (Å²) in [5, 5.41) is 0. The number of nitrogens with zero attached hydrogens (tertiary/aromatic N) is 1. The van der Waals surface area contributed by atoms with Crippen molar-refractivity contribution in [2.24, 2.45) is 0 Å². The number of hydrogen-bond donors (Lipinski definition) is 0. The van der Waals surface area contributed by atoms with Gasteiger partial charge in [0.05, 0.1) is 11.6 Å². The highest BCUT2D eigenvalue weighted by atomic mass is 35.5. The van der Waals surface area contributed by atoms with E-state index in [0.717, 1.165) is 22.8 Å². The third-order valence-electron chi connectivity index (χ3n) is 2.50. The molecular weight excluding hydrogens is 234 g/mol. The highest BCUT2D eigenvalue weighted by Crippen LogP contribution is 2.26. The molecule has 2 rings (SSSR count). The number of rotatable bonds is 3. The molecule has 0 bridgehead atoms. The predicted octanol–water partition coefficient (Wildman–Crippen LogP) is 4.23. The second-order valence-electron chi connectivity index (χ2n) is 3.99. The van der Waals surface area contributed by atoms with Gasteiger partial charge in [0.1, 0.15) is 11.5 Å². The second-order valence-corrected chi connectivity index (χ2v) is 4.25. The van der Waals surface area contributed by atoms with Crippen molar-refractivity contribution < 1.29 is 4.74 Å². The van der Waals surface area contributed by atoms with Crippen molar-refractivity contribution in [3.8, 4) is 11.5 Å². The summed E-state index contributed by atoms with van der Waals surface area (Å²) in [4.78, 5) is 4.13. The zero-order chi connectivity index (χ0) is 12.3. The molecule has 0 N–H and O–H groups in total. The van der Waals surface area contributed by atoms with Crippen molar-refractivity contribution in [3.63, 3.8) is 0 Å². The van der Waals surface area contributed by atoms with E-state index in [9.17, 15) is 0 Å². The van der Waals surface area contributed by atoms with Crippen LogP contribution in [0.5, 0.6) is 11.5 Å². The molecular formula is C14H14ClNO. The van der Waals surface area contributed by atoms with Gasteiger partial charge in [-0.1, -0.05) is 12.1 Å². The van der Waals surface area contributed by atoms with Crippen LogP contribution in [-0.4, -0.2) is 4.98 Å². The van der Waals surface area contributed by atoms with Gasteiger partial charge in [0.2, 0.25) is 0 Å². The summed E-state index contributed by atoms with van der Waals surface area (Å²) in [6.45, 7) is 4.07. The summed E-state index contributed by atoms with van der Waals surface area (Å²) >= 11 is 5.74. The minimum atomic E-state index is 0.393. The van der Waals surface area contributed by atoms with Crippen molar-refractivity contribution in [2.75, 3.05) is 0 Å². The first kappa shape index (κ1) is 11.9. The summed E-state index contributed by atoms with van der Waals surface area (Å²) in [6.07, 6.45) is 1.71. The number of benzene rings is 1. The monoisotopic (exact) mass is 247 g/mol. The Kier molecular flexibility index (Phi) is 3.64. The zero-order valence-corrected chi connectivity index (χ0v) is 10.7. The maximum atomic E-state index is 5.83. The van der Waals surface area contributed by atoms with Crippen LogP contribution in [0.25, 0.3) is 0 Å². The first-order chi connectivity index (χ1) is 8.19. The standard InChI is InChI=1S/C14H14ClNO/c1-10-3-4-11(2)14(7-10)17-13-5-6-16-12(8-13)9-15/h3-8H,9H2,1-2H3. The van der Waals surface area contributed by atoms with Gasteiger partial charge in [0.25, 0.3) is 0 Å². The number of aromatic nitrogens is 1. The van der Waals surface area contributed by atoms with Crippen LogP contribution >= 0.6 is 11.6 Å². The van der Waals surface area contributed by atoms with Crippen molar-refractivity contribution >= 4 is 11.6 Å². The van der Waals surface area contributed by atoms with Crippen molar-refractivity contribution in [2.45, 2.75) is 19.7 Å². The molecule has 17 heavy (non-hydrogen) atoms. The summed E-state index contributed by atoms with van der Waals surface area (Å²) in [5.41, 5.74) is 3.10. The topological polar surface area (TPSA) is 22.1 Å². The van der Waals surface area contributed by atoms with Crippen LogP contribution in [0.2, 0.25) is 0 Å². The summed E-state index contributed by atoms with van der Waals surface area (Å²) in [6, 6.07) is 9.83. The number of ether oxygens (including phenoxy) is 1. The number of hydrogen-bond acceptors (Lipinski definition) is 2. The molecule has 3 heteroatoms. The van der Waals surface area contributed by atoms with E-state index in [2.05, 4.69) is 11.1 Å². The third kappa shape index (κ3) is 2.98. The highest BCUT2D eigenvalue weighted by molar-refractivity contribution is 6.16. The number of alkyl halides is 1. The number of pyridine rings is 1. The van der Waals surface area contributed by atoms with Crippen molar-refractivity contribution in [1.82, 2.24) is 4.98 Å². The Labute approximate surface area is 106 Å². The Morgan fingerprint density at radius 1 is 1.18 bits per heavy atom. The van der Waals surface area contributed by atoms with E-state index in [4.69, 9.17) is 16.3 Å². The molecule has 0 spiro atoms. The zero-order valence-electron chi connectivity index (χ0n) is 9.90. The van der Waals surface area contributed by atoms with Crippen LogP contribution < -0.4 is 4.74 Å². The molecule has 0 aliphatic heterocycles. The molecule has 0 aliphatic rings. The van der Waals surface area contributed by atoms with Crippen molar-refractivity contribution in [1.29, 1.82) is 0 Å². The van der Waals surface area contributed by atoms with E-state index in [1.165, 1.54) is 5.56 Å². The van der Waals surface area contributed by atoms with E-state index in [-0.39, 0.29) is 0 Å². The Morgan fingerprint density at radius 2 is 2.00 bits per heavy atom. The van der Waals surface area contributed by atoms with E-state index in [1.54, 1.807) is 6.20 Å². The first-order valence-electron chi connectivity index (χ1n) is 5.45. The molecule has 0 fully saturated rings. The molecule has 2 nitrogen and oxygen atoms in total. The molecule has 1 aromatic carbocycles. The van der Waals surface area contributed by atoms with E-state index in [1.807, 2.05) is 38.1 Å². The lowest BCUT2D eigenvalue weighted by Gasteiger charge is -2.09. The summed E-state index contributed by atoms with van der Waals surface area (Å²) < 4.78 is 5.83. The molecule has 88 valence electrons. The van der Waals surface area contributed by atoms with Crippen LogP contribution in [0.4, 0.5) is 0 Å². The molecule has 1 aromatic heterocycles. The van der Waals surface area contributed by atoms with E-state index in [0.29, 0.717) is 5.88 Å². The molecule has 1 heterocycles. The minimum absolute atomic E-state index is 0.393. The lowest BCUT2D eigenvalue weighted by Crippen LogP contribution is -1.91. The molecule has 0 saturated carbocycles.